The molecule has 0 fully saturated rings. The summed E-state index contributed by atoms with van der Waals surface area (Å²) in [7, 11) is 0. The van der Waals surface area contributed by atoms with Crippen LogP contribution in [0.5, 0.6) is 0 Å². The minimum Gasteiger partial charge on any atom is -0.365 e. The van der Waals surface area contributed by atoms with Gasteiger partial charge in [-0.05, 0) is 24.0 Å². The molecule has 0 amide bonds. The van der Waals surface area contributed by atoms with Crippen LogP contribution in [0, 0.1) is 0 Å². The van der Waals surface area contributed by atoms with E-state index in [1.165, 1.54) is 11.1 Å². The zero-order valence-corrected chi connectivity index (χ0v) is 12.9. The molecule has 0 bridgehead atoms. The van der Waals surface area contributed by atoms with Crippen LogP contribution in [-0.2, 0) is 6.42 Å². The van der Waals surface area contributed by atoms with Crippen LogP contribution in [0.4, 0.5) is 0 Å². The Hall–Kier alpha value is -1.74. The SMILES string of the molecule is c1ccc(CCCNC2=NCC(c3ccccc3)S2)cc1. The van der Waals surface area contributed by atoms with Crippen LogP contribution in [0.1, 0.15) is 22.8 Å². The van der Waals surface area contributed by atoms with Crippen molar-refractivity contribution in [2.24, 2.45) is 4.99 Å². The number of thioether (sulfide) groups is 1. The van der Waals surface area contributed by atoms with Crippen LogP contribution in [0.3, 0.4) is 0 Å². The monoisotopic (exact) mass is 296 g/mol. The van der Waals surface area contributed by atoms with Crippen molar-refractivity contribution in [3.63, 3.8) is 0 Å². The summed E-state index contributed by atoms with van der Waals surface area (Å²) in [4.78, 5) is 4.61. The molecule has 3 heteroatoms. The highest BCUT2D eigenvalue weighted by Gasteiger charge is 2.20. The summed E-state index contributed by atoms with van der Waals surface area (Å²) in [6.07, 6.45) is 2.26. The fourth-order valence-corrected chi connectivity index (χ4v) is 3.49. The molecule has 0 aromatic heterocycles. The lowest BCUT2D eigenvalue weighted by molar-refractivity contribution is 0.777. The van der Waals surface area contributed by atoms with Crippen LogP contribution in [0.15, 0.2) is 65.7 Å². The molecule has 0 saturated carbocycles. The lowest BCUT2D eigenvalue weighted by Crippen LogP contribution is -2.20. The molecular formula is C18H20N2S. The minimum absolute atomic E-state index is 0.475. The first-order chi connectivity index (χ1) is 10.4. The normalized spacial score (nSPS) is 17.5. The van der Waals surface area contributed by atoms with E-state index in [0.717, 1.165) is 31.1 Å². The zero-order valence-electron chi connectivity index (χ0n) is 12.0. The molecule has 0 aliphatic carbocycles. The maximum atomic E-state index is 4.61. The van der Waals surface area contributed by atoms with Crippen LogP contribution >= 0.6 is 11.8 Å². The van der Waals surface area contributed by atoms with Gasteiger partial charge in [-0.3, -0.25) is 4.99 Å². The fourth-order valence-electron chi connectivity index (χ4n) is 2.45. The van der Waals surface area contributed by atoms with Crippen LogP contribution in [-0.4, -0.2) is 18.3 Å². The average Bonchev–Trinajstić information content (AvgIpc) is 3.02. The molecule has 0 saturated heterocycles. The number of nitrogens with one attached hydrogen (secondary N) is 1. The summed E-state index contributed by atoms with van der Waals surface area (Å²) in [5.74, 6) is 0. The van der Waals surface area contributed by atoms with Crippen molar-refractivity contribution in [3.05, 3.63) is 71.8 Å². The molecule has 1 heterocycles. The van der Waals surface area contributed by atoms with E-state index in [9.17, 15) is 0 Å². The maximum Gasteiger partial charge on any atom is 0.157 e. The summed E-state index contributed by atoms with van der Waals surface area (Å²) in [5, 5.41) is 5.03. The van der Waals surface area contributed by atoms with Crippen molar-refractivity contribution in [2.75, 3.05) is 13.1 Å². The van der Waals surface area contributed by atoms with Gasteiger partial charge in [0.25, 0.3) is 0 Å². The first-order valence-electron chi connectivity index (χ1n) is 7.46. The van der Waals surface area contributed by atoms with Gasteiger partial charge in [-0.15, -0.1) is 0 Å². The molecule has 1 atom stereocenters. The van der Waals surface area contributed by atoms with Crippen molar-refractivity contribution in [2.45, 2.75) is 18.1 Å². The Balaban J connectivity index is 1.39. The van der Waals surface area contributed by atoms with E-state index >= 15 is 0 Å². The second-order valence-corrected chi connectivity index (χ2v) is 6.37. The van der Waals surface area contributed by atoms with E-state index in [1.54, 1.807) is 0 Å². The molecule has 1 N–H and O–H groups in total. The van der Waals surface area contributed by atoms with Gasteiger partial charge in [-0.2, -0.15) is 0 Å². The summed E-state index contributed by atoms with van der Waals surface area (Å²) >= 11 is 1.85. The molecule has 1 unspecified atom stereocenters. The Morgan fingerprint density at radius 2 is 1.71 bits per heavy atom. The Labute approximate surface area is 130 Å². The molecule has 3 rings (SSSR count). The quantitative estimate of drug-likeness (QED) is 0.842. The lowest BCUT2D eigenvalue weighted by Gasteiger charge is -2.09. The maximum absolute atomic E-state index is 4.61. The van der Waals surface area contributed by atoms with Gasteiger partial charge in [0.1, 0.15) is 0 Å². The number of hydrogen-bond donors (Lipinski definition) is 1. The van der Waals surface area contributed by atoms with E-state index in [1.807, 2.05) is 11.8 Å². The highest BCUT2D eigenvalue weighted by molar-refractivity contribution is 8.14. The molecule has 0 radical (unpaired) electrons. The Kier molecular flexibility index (Phi) is 4.95. The van der Waals surface area contributed by atoms with Crippen LogP contribution in [0.2, 0.25) is 0 Å². The van der Waals surface area contributed by atoms with E-state index in [4.69, 9.17) is 0 Å². The molecule has 2 aromatic rings. The molecule has 2 aromatic carbocycles. The first-order valence-corrected chi connectivity index (χ1v) is 8.33. The highest BCUT2D eigenvalue weighted by atomic mass is 32.2. The lowest BCUT2D eigenvalue weighted by atomic mass is 10.1. The summed E-state index contributed by atoms with van der Waals surface area (Å²) < 4.78 is 0. The van der Waals surface area contributed by atoms with E-state index in [-0.39, 0.29) is 0 Å². The predicted octanol–water partition coefficient (Wildman–Crippen LogP) is 4.05. The molecule has 2 nitrogen and oxygen atoms in total. The van der Waals surface area contributed by atoms with Crippen molar-refractivity contribution < 1.29 is 0 Å². The Bertz CT molecular complexity index is 581. The van der Waals surface area contributed by atoms with Gasteiger partial charge in [-0.25, -0.2) is 0 Å². The average molecular weight is 296 g/mol. The largest absolute Gasteiger partial charge is 0.365 e. The molecule has 1 aliphatic rings. The second-order valence-electron chi connectivity index (χ2n) is 5.18. The number of aryl methyl sites for hydroxylation is 1. The van der Waals surface area contributed by atoms with Gasteiger partial charge in [-0.1, -0.05) is 72.4 Å². The van der Waals surface area contributed by atoms with Gasteiger partial charge in [0.2, 0.25) is 0 Å². The van der Waals surface area contributed by atoms with Gasteiger partial charge in [0.05, 0.1) is 11.8 Å². The minimum atomic E-state index is 0.475. The summed E-state index contributed by atoms with van der Waals surface area (Å²) in [6, 6.07) is 21.3. The number of rotatable bonds is 5. The summed E-state index contributed by atoms with van der Waals surface area (Å²) in [5.41, 5.74) is 2.77. The van der Waals surface area contributed by atoms with Crippen molar-refractivity contribution in [1.29, 1.82) is 0 Å². The number of benzene rings is 2. The Morgan fingerprint density at radius 1 is 1.00 bits per heavy atom. The number of amidine groups is 1. The van der Waals surface area contributed by atoms with E-state index in [0.29, 0.717) is 5.25 Å². The topological polar surface area (TPSA) is 24.4 Å². The zero-order chi connectivity index (χ0) is 14.3. The highest BCUT2D eigenvalue weighted by Crippen LogP contribution is 2.34. The van der Waals surface area contributed by atoms with E-state index < -0.39 is 0 Å². The van der Waals surface area contributed by atoms with Crippen LogP contribution in [0.25, 0.3) is 0 Å². The number of aliphatic imine (C=N–C) groups is 1. The third-order valence-electron chi connectivity index (χ3n) is 3.59. The number of nitrogens with zero attached hydrogens (tertiary/aromatic N) is 1. The van der Waals surface area contributed by atoms with Crippen molar-refractivity contribution >= 4 is 16.9 Å². The van der Waals surface area contributed by atoms with Crippen LogP contribution < -0.4 is 5.32 Å². The smallest absolute Gasteiger partial charge is 0.157 e. The van der Waals surface area contributed by atoms with Crippen molar-refractivity contribution in [1.82, 2.24) is 5.32 Å². The third kappa shape index (κ3) is 4.11. The molecule has 1 aliphatic heterocycles. The van der Waals surface area contributed by atoms with Gasteiger partial charge >= 0.3 is 0 Å². The van der Waals surface area contributed by atoms with Gasteiger partial charge in [0, 0.05) is 6.54 Å². The van der Waals surface area contributed by atoms with Crippen molar-refractivity contribution in [3.8, 4) is 0 Å². The molecule has 0 spiro atoms. The number of hydrogen-bond acceptors (Lipinski definition) is 3. The fraction of sp³-hybridized carbons (Fsp3) is 0.278. The van der Waals surface area contributed by atoms with E-state index in [2.05, 4.69) is 71.0 Å². The standard InChI is InChI=1S/C18H20N2S/c1-3-8-15(9-4-1)10-7-13-19-18-20-14-17(21-18)16-11-5-2-6-12-16/h1-6,8-9,11-12,17H,7,10,13-14H2,(H,19,20). The molecule has 108 valence electrons. The second kappa shape index (κ2) is 7.32. The third-order valence-corrected chi connectivity index (χ3v) is 4.79. The first kappa shape index (κ1) is 14.2. The summed E-state index contributed by atoms with van der Waals surface area (Å²) in [6.45, 7) is 1.87. The van der Waals surface area contributed by atoms with Gasteiger partial charge in [0.15, 0.2) is 5.17 Å². The predicted molar refractivity (Wildman–Crippen MR) is 91.8 cm³/mol. The Morgan fingerprint density at radius 3 is 2.48 bits per heavy atom. The molecule has 21 heavy (non-hydrogen) atoms. The molecular weight excluding hydrogens is 276 g/mol. The van der Waals surface area contributed by atoms with Gasteiger partial charge < -0.3 is 5.32 Å².